The van der Waals surface area contributed by atoms with Crippen LogP contribution in [0.15, 0.2) is 41.9 Å². The van der Waals surface area contributed by atoms with Gasteiger partial charge in [-0.05, 0) is 12.0 Å². The third-order valence-electron chi connectivity index (χ3n) is 3.20. The molecule has 0 atom stereocenters. The van der Waals surface area contributed by atoms with Gasteiger partial charge >= 0.3 is 0 Å². The maximum Gasteiger partial charge on any atom is 0.249 e. The number of hydrogen-bond acceptors (Lipinski definition) is 5. The fraction of sp³-hybridized carbons (Fsp3) is 0.353. The number of carbonyl (C=O) groups excluding carboxylic acids is 2. The molecule has 1 N–H and O–H groups in total. The van der Waals surface area contributed by atoms with Gasteiger partial charge in [0, 0.05) is 18.1 Å². The highest BCUT2D eigenvalue weighted by atomic mass is 32.1. The van der Waals surface area contributed by atoms with Crippen LogP contribution in [0.4, 0.5) is 5.13 Å². The summed E-state index contributed by atoms with van der Waals surface area (Å²) in [4.78, 5) is 29.8. The quantitative estimate of drug-likeness (QED) is 0.757. The topological polar surface area (TPSA) is 71.5 Å². The Morgan fingerprint density at radius 2 is 2.08 bits per heavy atom. The number of carbonyl (C=O) groups is 2. The lowest BCUT2D eigenvalue weighted by atomic mass is 10.2. The minimum atomic E-state index is -0.255. The summed E-state index contributed by atoms with van der Waals surface area (Å²) in [6.07, 6.45) is 2.39. The molecule has 24 heavy (non-hydrogen) atoms. The Labute approximate surface area is 145 Å². The molecule has 128 valence electrons. The normalized spacial score (nSPS) is 10.4. The molecule has 0 unspecified atom stereocenters. The molecule has 0 bridgehead atoms. The van der Waals surface area contributed by atoms with Gasteiger partial charge in [-0.2, -0.15) is 0 Å². The number of thiazole rings is 1. The molecule has 0 spiro atoms. The van der Waals surface area contributed by atoms with E-state index in [1.165, 1.54) is 16.2 Å². The van der Waals surface area contributed by atoms with E-state index in [9.17, 15) is 9.59 Å². The largest absolute Gasteiger partial charge is 0.367 e. The van der Waals surface area contributed by atoms with Gasteiger partial charge in [0.25, 0.3) is 0 Å². The van der Waals surface area contributed by atoms with Crippen LogP contribution in [0.5, 0.6) is 0 Å². The lowest BCUT2D eigenvalue weighted by Crippen LogP contribution is -2.40. The summed E-state index contributed by atoms with van der Waals surface area (Å²) in [7, 11) is 0. The number of ether oxygens (including phenoxy) is 1. The Morgan fingerprint density at radius 3 is 2.75 bits per heavy atom. The average molecular weight is 347 g/mol. The molecule has 0 aliphatic carbocycles. The Bertz CT molecular complexity index is 632. The molecule has 0 fully saturated rings. The SMILES string of the molecule is CCCN(CC(=O)Nc1nccs1)C(=O)COCc1ccccc1. The van der Waals surface area contributed by atoms with Crippen molar-refractivity contribution < 1.29 is 14.3 Å². The molecule has 0 saturated carbocycles. The molecule has 1 aromatic carbocycles. The summed E-state index contributed by atoms with van der Waals surface area (Å²) >= 11 is 1.34. The summed E-state index contributed by atoms with van der Waals surface area (Å²) in [6, 6.07) is 9.66. The third kappa shape index (κ3) is 6.10. The first-order chi connectivity index (χ1) is 11.7. The van der Waals surface area contributed by atoms with Crippen LogP contribution in [0.25, 0.3) is 0 Å². The lowest BCUT2D eigenvalue weighted by molar-refractivity contribution is -0.139. The van der Waals surface area contributed by atoms with E-state index in [1.807, 2.05) is 37.3 Å². The summed E-state index contributed by atoms with van der Waals surface area (Å²) in [5.74, 6) is -0.447. The number of anilines is 1. The molecule has 2 rings (SSSR count). The van der Waals surface area contributed by atoms with Crippen molar-refractivity contribution in [1.82, 2.24) is 9.88 Å². The first kappa shape index (κ1) is 18.1. The van der Waals surface area contributed by atoms with E-state index in [4.69, 9.17) is 4.74 Å². The fourth-order valence-electron chi connectivity index (χ4n) is 2.10. The molecule has 2 amide bonds. The Morgan fingerprint density at radius 1 is 1.29 bits per heavy atom. The third-order valence-corrected chi connectivity index (χ3v) is 3.88. The van der Waals surface area contributed by atoms with Crippen molar-refractivity contribution in [1.29, 1.82) is 0 Å². The molecule has 0 saturated heterocycles. The standard InChI is InChI=1S/C17H21N3O3S/c1-2-9-20(11-15(21)19-17-18-8-10-24-17)16(22)13-23-12-14-6-4-3-5-7-14/h3-8,10H,2,9,11-13H2,1H3,(H,18,19,21). The highest BCUT2D eigenvalue weighted by Gasteiger charge is 2.17. The summed E-state index contributed by atoms with van der Waals surface area (Å²) in [5.41, 5.74) is 1.01. The second-order valence-corrected chi connectivity index (χ2v) is 6.07. The first-order valence-corrected chi connectivity index (χ1v) is 8.65. The maximum absolute atomic E-state index is 12.3. The van der Waals surface area contributed by atoms with Crippen molar-refractivity contribution in [3.63, 3.8) is 0 Å². The number of nitrogens with zero attached hydrogens (tertiary/aromatic N) is 2. The molecule has 0 aliphatic heterocycles. The van der Waals surface area contributed by atoms with E-state index in [-0.39, 0.29) is 25.0 Å². The molecule has 1 aromatic heterocycles. The molecular weight excluding hydrogens is 326 g/mol. The number of rotatable bonds is 9. The van der Waals surface area contributed by atoms with Crippen molar-refractivity contribution in [2.75, 3.05) is 25.0 Å². The van der Waals surface area contributed by atoms with Crippen LogP contribution in [-0.2, 0) is 20.9 Å². The van der Waals surface area contributed by atoms with E-state index in [0.29, 0.717) is 18.3 Å². The van der Waals surface area contributed by atoms with Crippen molar-refractivity contribution >= 4 is 28.3 Å². The number of aromatic nitrogens is 1. The molecule has 0 aliphatic rings. The summed E-state index contributed by atoms with van der Waals surface area (Å²) in [5, 5.41) is 4.99. The van der Waals surface area contributed by atoms with E-state index in [1.54, 1.807) is 11.6 Å². The van der Waals surface area contributed by atoms with Crippen molar-refractivity contribution in [3.05, 3.63) is 47.5 Å². The van der Waals surface area contributed by atoms with Crippen molar-refractivity contribution in [2.24, 2.45) is 0 Å². The molecule has 6 nitrogen and oxygen atoms in total. The van der Waals surface area contributed by atoms with Gasteiger partial charge < -0.3 is 15.0 Å². The molecule has 0 radical (unpaired) electrons. The first-order valence-electron chi connectivity index (χ1n) is 7.78. The number of amides is 2. The van der Waals surface area contributed by atoms with Crippen LogP contribution < -0.4 is 5.32 Å². The van der Waals surface area contributed by atoms with Gasteiger partial charge in [-0.25, -0.2) is 4.98 Å². The van der Waals surface area contributed by atoms with Crippen LogP contribution in [0.1, 0.15) is 18.9 Å². The predicted molar refractivity (Wildman–Crippen MR) is 93.7 cm³/mol. The number of nitrogens with one attached hydrogen (secondary N) is 1. The Balaban J connectivity index is 1.79. The lowest BCUT2D eigenvalue weighted by Gasteiger charge is -2.21. The Hall–Kier alpha value is -2.25. The summed E-state index contributed by atoms with van der Waals surface area (Å²) < 4.78 is 5.46. The van der Waals surface area contributed by atoms with E-state index in [2.05, 4.69) is 10.3 Å². The predicted octanol–water partition coefficient (Wildman–Crippen LogP) is 2.54. The number of hydrogen-bond donors (Lipinski definition) is 1. The zero-order valence-corrected chi connectivity index (χ0v) is 14.4. The zero-order valence-electron chi connectivity index (χ0n) is 13.6. The van der Waals surface area contributed by atoms with E-state index < -0.39 is 0 Å². The van der Waals surface area contributed by atoms with Gasteiger partial charge in [0.15, 0.2) is 5.13 Å². The summed E-state index contributed by atoms with van der Waals surface area (Å²) in [6.45, 7) is 2.81. The zero-order chi connectivity index (χ0) is 17.2. The molecular formula is C17H21N3O3S. The second kappa shape index (κ2) is 9.79. The van der Waals surface area contributed by atoms with Crippen molar-refractivity contribution in [3.8, 4) is 0 Å². The van der Waals surface area contributed by atoms with Crippen LogP contribution in [-0.4, -0.2) is 41.4 Å². The van der Waals surface area contributed by atoms with Gasteiger partial charge in [0.05, 0.1) is 13.2 Å². The number of benzene rings is 1. The maximum atomic E-state index is 12.3. The average Bonchev–Trinajstić information content (AvgIpc) is 3.08. The van der Waals surface area contributed by atoms with Gasteiger partial charge in [-0.1, -0.05) is 37.3 Å². The molecule has 7 heteroatoms. The highest BCUT2D eigenvalue weighted by Crippen LogP contribution is 2.10. The van der Waals surface area contributed by atoms with Crippen LogP contribution >= 0.6 is 11.3 Å². The van der Waals surface area contributed by atoms with E-state index >= 15 is 0 Å². The monoisotopic (exact) mass is 347 g/mol. The van der Waals surface area contributed by atoms with Crippen LogP contribution in [0, 0.1) is 0 Å². The van der Waals surface area contributed by atoms with Gasteiger partial charge in [0.1, 0.15) is 6.61 Å². The van der Waals surface area contributed by atoms with Crippen molar-refractivity contribution in [2.45, 2.75) is 20.0 Å². The Kier molecular flexibility index (Phi) is 7.38. The fourth-order valence-corrected chi connectivity index (χ4v) is 2.65. The molecule has 2 aromatic rings. The van der Waals surface area contributed by atoms with Crippen LogP contribution in [0.3, 0.4) is 0 Å². The van der Waals surface area contributed by atoms with Gasteiger partial charge in [0.2, 0.25) is 11.8 Å². The molecule has 1 heterocycles. The second-order valence-electron chi connectivity index (χ2n) is 5.18. The van der Waals surface area contributed by atoms with Crippen LogP contribution in [0.2, 0.25) is 0 Å². The smallest absolute Gasteiger partial charge is 0.249 e. The minimum Gasteiger partial charge on any atom is -0.367 e. The minimum absolute atomic E-state index is 0.000943. The van der Waals surface area contributed by atoms with Gasteiger partial charge in [-0.15, -0.1) is 11.3 Å². The highest BCUT2D eigenvalue weighted by molar-refractivity contribution is 7.13. The van der Waals surface area contributed by atoms with E-state index in [0.717, 1.165) is 12.0 Å². The van der Waals surface area contributed by atoms with Gasteiger partial charge in [-0.3, -0.25) is 9.59 Å².